The van der Waals surface area contributed by atoms with Gasteiger partial charge in [0.15, 0.2) is 5.43 Å². The molecule has 1 atom stereocenters. The number of carbonyl (C=O) groups excluding carboxylic acids is 1. The van der Waals surface area contributed by atoms with Crippen LogP contribution in [0.5, 0.6) is 0 Å². The van der Waals surface area contributed by atoms with E-state index >= 15 is 0 Å². The normalized spacial score (nSPS) is 12.6. The topological polar surface area (TPSA) is 86.4 Å². The average molecular weight is 510 g/mol. The summed E-state index contributed by atoms with van der Waals surface area (Å²) in [6.07, 6.45) is 1.94. The van der Waals surface area contributed by atoms with Crippen LogP contribution in [0, 0.1) is 6.92 Å². The van der Waals surface area contributed by atoms with E-state index in [4.69, 9.17) is 9.15 Å². The van der Waals surface area contributed by atoms with Gasteiger partial charge in [-0.05, 0) is 64.4 Å². The zero-order valence-electron chi connectivity index (χ0n) is 22.5. The lowest BCUT2D eigenvalue weighted by Crippen LogP contribution is -2.24. The summed E-state index contributed by atoms with van der Waals surface area (Å²) in [6.45, 7) is 9.45. The molecule has 2 heterocycles. The van der Waals surface area contributed by atoms with Gasteiger partial charge in [-0.2, -0.15) is 5.10 Å². The number of nitrogens with one attached hydrogen (secondary N) is 1. The number of rotatable bonds is 5. The van der Waals surface area contributed by atoms with Gasteiger partial charge in [0.05, 0.1) is 22.5 Å². The van der Waals surface area contributed by atoms with Crippen LogP contribution in [0.15, 0.2) is 76.1 Å². The van der Waals surface area contributed by atoms with Crippen molar-refractivity contribution in [3.63, 3.8) is 0 Å². The van der Waals surface area contributed by atoms with E-state index in [0.717, 1.165) is 27.6 Å². The zero-order chi connectivity index (χ0) is 27.2. The van der Waals surface area contributed by atoms with Crippen LogP contribution in [-0.4, -0.2) is 21.4 Å². The van der Waals surface area contributed by atoms with Crippen molar-refractivity contribution in [3.05, 3.63) is 93.8 Å². The molecule has 7 heteroatoms. The maximum atomic E-state index is 13.2. The number of ether oxygens (including phenoxy) is 1. The van der Waals surface area contributed by atoms with E-state index in [1.807, 2.05) is 90.3 Å². The van der Waals surface area contributed by atoms with Crippen LogP contribution in [0.25, 0.3) is 33.2 Å². The molecule has 0 bridgehead atoms. The molecule has 0 fully saturated rings. The van der Waals surface area contributed by atoms with E-state index < -0.39 is 11.6 Å². The molecule has 5 aromatic rings. The van der Waals surface area contributed by atoms with Crippen molar-refractivity contribution in [2.24, 2.45) is 7.05 Å². The first-order chi connectivity index (χ1) is 18.0. The fourth-order valence-electron chi connectivity index (χ4n) is 4.62. The van der Waals surface area contributed by atoms with Crippen molar-refractivity contribution in [3.8, 4) is 11.3 Å². The minimum Gasteiger partial charge on any atom is -0.456 e. The number of esters is 1. The maximum absolute atomic E-state index is 13.2. The Balaban J connectivity index is 1.57. The molecule has 1 unspecified atom stereocenters. The first-order valence-electron chi connectivity index (χ1n) is 12.6. The minimum atomic E-state index is -0.610. The number of para-hydroxylation sites is 1. The highest BCUT2D eigenvalue weighted by Crippen LogP contribution is 2.32. The van der Waals surface area contributed by atoms with Gasteiger partial charge < -0.3 is 14.5 Å². The van der Waals surface area contributed by atoms with Gasteiger partial charge >= 0.3 is 5.97 Å². The second kappa shape index (κ2) is 9.49. The summed E-state index contributed by atoms with van der Waals surface area (Å²) in [5.41, 5.74) is 4.22. The van der Waals surface area contributed by atoms with E-state index in [9.17, 15) is 9.59 Å². The molecule has 7 nitrogen and oxygen atoms in total. The molecule has 5 rings (SSSR count). The van der Waals surface area contributed by atoms with Gasteiger partial charge in [-0.25, -0.2) is 4.79 Å². The van der Waals surface area contributed by atoms with Crippen LogP contribution in [0.2, 0.25) is 0 Å². The van der Waals surface area contributed by atoms with Crippen LogP contribution >= 0.6 is 0 Å². The molecule has 38 heavy (non-hydrogen) atoms. The van der Waals surface area contributed by atoms with Crippen LogP contribution in [-0.2, 0) is 11.8 Å². The summed E-state index contributed by atoms with van der Waals surface area (Å²) in [5.74, 6) is 0.0714. The molecule has 0 aliphatic carbocycles. The standard InChI is InChI=1S/C31H31N3O4/c1-18-13-23(19(2)32-25-10-8-7-9-22(25)30(36)38-31(3,4)5)29-24(14-18)27(35)16-28(37-29)20-11-12-21-17-34(6)33-26(21)15-20/h7-17,19,32H,1-6H3. The summed E-state index contributed by atoms with van der Waals surface area (Å²) in [7, 11) is 1.87. The van der Waals surface area contributed by atoms with Gasteiger partial charge in [-0.15, -0.1) is 0 Å². The molecule has 1 N–H and O–H groups in total. The molecule has 0 aliphatic heterocycles. The Kier molecular flexibility index (Phi) is 6.31. The van der Waals surface area contributed by atoms with Crippen molar-refractivity contribution in [1.29, 1.82) is 0 Å². The molecule has 2 aromatic heterocycles. The lowest BCUT2D eigenvalue weighted by molar-refractivity contribution is 0.00706. The fraction of sp³-hybridized carbons (Fsp3) is 0.258. The number of aromatic nitrogens is 2. The number of carbonyl (C=O) groups is 1. The van der Waals surface area contributed by atoms with Gasteiger partial charge in [-0.1, -0.05) is 30.3 Å². The van der Waals surface area contributed by atoms with Gasteiger partial charge in [0.25, 0.3) is 0 Å². The first-order valence-corrected chi connectivity index (χ1v) is 12.6. The Labute approximate surface area is 221 Å². The number of benzene rings is 3. The van der Waals surface area contributed by atoms with E-state index in [0.29, 0.717) is 28.0 Å². The molecular formula is C31H31N3O4. The lowest BCUT2D eigenvalue weighted by atomic mass is 10.00. The molecule has 0 radical (unpaired) electrons. The Morgan fingerprint density at radius 2 is 1.84 bits per heavy atom. The summed E-state index contributed by atoms with van der Waals surface area (Å²) in [6, 6.07) is 18.2. The fourth-order valence-corrected chi connectivity index (χ4v) is 4.62. The number of aryl methyl sites for hydroxylation is 2. The number of nitrogens with zero attached hydrogens (tertiary/aromatic N) is 2. The quantitative estimate of drug-likeness (QED) is 0.263. The summed E-state index contributed by atoms with van der Waals surface area (Å²) >= 11 is 0. The number of hydrogen-bond donors (Lipinski definition) is 1. The molecule has 3 aromatic carbocycles. The highest BCUT2D eigenvalue weighted by molar-refractivity contribution is 5.96. The van der Waals surface area contributed by atoms with E-state index in [1.165, 1.54) is 6.07 Å². The minimum absolute atomic E-state index is 0.117. The van der Waals surface area contributed by atoms with Crippen molar-refractivity contribution in [1.82, 2.24) is 9.78 Å². The lowest BCUT2D eigenvalue weighted by Gasteiger charge is -2.22. The largest absolute Gasteiger partial charge is 0.456 e. The number of hydrogen-bond acceptors (Lipinski definition) is 6. The van der Waals surface area contributed by atoms with Gasteiger partial charge in [0, 0.05) is 41.5 Å². The van der Waals surface area contributed by atoms with Gasteiger partial charge in [-0.3, -0.25) is 9.48 Å². The predicted octanol–water partition coefficient (Wildman–Crippen LogP) is 6.78. The summed E-state index contributed by atoms with van der Waals surface area (Å²) in [5, 5.41) is 9.45. The summed E-state index contributed by atoms with van der Waals surface area (Å²) in [4.78, 5) is 26.1. The molecule has 0 amide bonds. The number of anilines is 1. The first kappa shape index (κ1) is 25.3. The van der Waals surface area contributed by atoms with Crippen molar-refractivity contribution in [2.75, 3.05) is 5.32 Å². The van der Waals surface area contributed by atoms with Crippen molar-refractivity contribution < 1.29 is 13.9 Å². The zero-order valence-corrected chi connectivity index (χ0v) is 22.5. The highest BCUT2D eigenvalue weighted by atomic mass is 16.6. The van der Waals surface area contributed by atoms with Crippen LogP contribution < -0.4 is 10.7 Å². The third-order valence-electron chi connectivity index (χ3n) is 6.29. The van der Waals surface area contributed by atoms with Gasteiger partial charge in [0.1, 0.15) is 16.9 Å². The smallest absolute Gasteiger partial charge is 0.340 e. The molecule has 0 saturated carbocycles. The third kappa shape index (κ3) is 5.05. The second-order valence-electron chi connectivity index (χ2n) is 10.7. The second-order valence-corrected chi connectivity index (χ2v) is 10.7. The van der Waals surface area contributed by atoms with Crippen LogP contribution in [0.4, 0.5) is 5.69 Å². The third-order valence-corrected chi connectivity index (χ3v) is 6.29. The predicted molar refractivity (Wildman–Crippen MR) is 151 cm³/mol. The van der Waals surface area contributed by atoms with Crippen molar-refractivity contribution >= 4 is 33.5 Å². The molecule has 0 saturated heterocycles. The molecule has 0 aliphatic rings. The monoisotopic (exact) mass is 509 g/mol. The highest BCUT2D eigenvalue weighted by Gasteiger charge is 2.22. The maximum Gasteiger partial charge on any atom is 0.340 e. The summed E-state index contributed by atoms with van der Waals surface area (Å²) < 4.78 is 13.8. The average Bonchev–Trinajstić information content (AvgIpc) is 3.22. The van der Waals surface area contributed by atoms with E-state index in [1.54, 1.807) is 16.8 Å². The Bertz CT molecular complexity index is 1740. The van der Waals surface area contributed by atoms with Crippen LogP contribution in [0.3, 0.4) is 0 Å². The van der Waals surface area contributed by atoms with Crippen molar-refractivity contribution in [2.45, 2.75) is 46.3 Å². The van der Waals surface area contributed by atoms with Gasteiger partial charge in [0.2, 0.25) is 0 Å². The molecule has 194 valence electrons. The van der Waals surface area contributed by atoms with E-state index in [2.05, 4.69) is 10.4 Å². The van der Waals surface area contributed by atoms with E-state index in [-0.39, 0.29) is 11.5 Å². The Morgan fingerprint density at radius 1 is 1.08 bits per heavy atom. The van der Waals surface area contributed by atoms with Crippen LogP contribution in [0.1, 0.15) is 55.2 Å². The Hall–Kier alpha value is -4.39. The SMILES string of the molecule is Cc1cc(C(C)Nc2ccccc2C(=O)OC(C)(C)C)c2oc(-c3ccc4cn(C)nc4c3)cc(=O)c2c1. The molecule has 0 spiro atoms. The Morgan fingerprint density at radius 3 is 2.61 bits per heavy atom. The molecular weight excluding hydrogens is 478 g/mol. The number of fused-ring (bicyclic) bond motifs is 2.